The zero-order valence-corrected chi connectivity index (χ0v) is 10.9. The number of carbonyl (C=O) groups excluding carboxylic acids is 1. The van der Waals surface area contributed by atoms with Crippen molar-refractivity contribution in [3.05, 3.63) is 11.7 Å². The number of rotatable bonds is 7. The molecule has 1 aromatic rings. The van der Waals surface area contributed by atoms with Gasteiger partial charge in [0.25, 0.3) is 0 Å². The van der Waals surface area contributed by atoms with Gasteiger partial charge in [-0.3, -0.25) is 4.79 Å². The fraction of sp³-hybridized carbons (Fsp3) is 0.750. The van der Waals surface area contributed by atoms with Crippen LogP contribution in [0.25, 0.3) is 0 Å². The van der Waals surface area contributed by atoms with Crippen LogP contribution >= 0.6 is 0 Å². The van der Waals surface area contributed by atoms with Gasteiger partial charge in [-0.2, -0.15) is 4.98 Å². The monoisotopic (exact) mass is 240 g/mol. The van der Waals surface area contributed by atoms with Crippen LogP contribution in [0.1, 0.15) is 51.4 Å². The molecule has 0 aliphatic carbocycles. The van der Waals surface area contributed by atoms with Crippen LogP contribution in [0.15, 0.2) is 4.52 Å². The molecule has 17 heavy (non-hydrogen) atoms. The molecule has 0 spiro atoms. The van der Waals surface area contributed by atoms with E-state index in [4.69, 9.17) is 9.26 Å². The molecule has 0 amide bonds. The van der Waals surface area contributed by atoms with Crippen molar-refractivity contribution in [1.29, 1.82) is 0 Å². The van der Waals surface area contributed by atoms with Crippen LogP contribution in [-0.2, 0) is 16.0 Å². The molecule has 0 fully saturated rings. The third-order valence-corrected chi connectivity index (χ3v) is 2.47. The first kappa shape index (κ1) is 13.8. The number of aromatic nitrogens is 2. The molecule has 0 aliphatic heterocycles. The molecule has 1 rings (SSSR count). The molecule has 1 aromatic heterocycles. The summed E-state index contributed by atoms with van der Waals surface area (Å²) >= 11 is 0. The van der Waals surface area contributed by atoms with Gasteiger partial charge in [0.2, 0.25) is 11.7 Å². The highest BCUT2D eigenvalue weighted by Gasteiger charge is 2.21. The Bertz CT molecular complexity index is 360. The van der Waals surface area contributed by atoms with Crippen molar-refractivity contribution < 1.29 is 14.1 Å². The predicted molar refractivity (Wildman–Crippen MR) is 62.5 cm³/mol. The van der Waals surface area contributed by atoms with Gasteiger partial charge >= 0.3 is 0 Å². The number of methoxy groups -OCH3 is 1. The van der Waals surface area contributed by atoms with E-state index in [1.54, 1.807) is 7.11 Å². The molecular weight excluding hydrogens is 220 g/mol. The van der Waals surface area contributed by atoms with E-state index in [1.165, 1.54) is 0 Å². The Balaban J connectivity index is 2.67. The maximum Gasteiger partial charge on any atom is 0.234 e. The fourth-order valence-corrected chi connectivity index (χ4v) is 1.67. The summed E-state index contributed by atoms with van der Waals surface area (Å²) in [7, 11) is 1.61. The highest BCUT2D eigenvalue weighted by molar-refractivity contribution is 5.79. The van der Waals surface area contributed by atoms with Gasteiger partial charge in [-0.25, -0.2) is 0 Å². The number of Topliss-reactive ketones (excluding diaryl/α,β-unsaturated/α-hetero) is 1. The van der Waals surface area contributed by atoms with Gasteiger partial charge in [0.05, 0.1) is 6.42 Å². The number of ether oxygens (including phenoxy) is 1. The Morgan fingerprint density at radius 2 is 2.18 bits per heavy atom. The van der Waals surface area contributed by atoms with Crippen LogP contribution in [-0.4, -0.2) is 23.0 Å². The second-order valence-electron chi connectivity index (χ2n) is 4.41. The molecule has 0 saturated heterocycles. The maximum absolute atomic E-state index is 11.4. The lowest BCUT2D eigenvalue weighted by atomic mass is 10.1. The number of ketones is 1. The van der Waals surface area contributed by atoms with Crippen LogP contribution in [0.4, 0.5) is 0 Å². The van der Waals surface area contributed by atoms with E-state index < -0.39 is 0 Å². The lowest BCUT2D eigenvalue weighted by molar-refractivity contribution is -0.118. The quantitative estimate of drug-likeness (QED) is 0.731. The van der Waals surface area contributed by atoms with E-state index >= 15 is 0 Å². The minimum atomic E-state index is -0.186. The van der Waals surface area contributed by atoms with Crippen LogP contribution in [0.2, 0.25) is 0 Å². The second-order valence-corrected chi connectivity index (χ2v) is 4.41. The van der Waals surface area contributed by atoms with Crippen molar-refractivity contribution in [1.82, 2.24) is 10.1 Å². The van der Waals surface area contributed by atoms with E-state index in [9.17, 15) is 4.79 Å². The Labute approximate surface area is 102 Å². The lowest BCUT2D eigenvalue weighted by Crippen LogP contribution is -2.11. The highest BCUT2D eigenvalue weighted by Crippen LogP contribution is 2.22. The number of hydrogen-bond donors (Lipinski definition) is 0. The molecule has 1 unspecified atom stereocenters. The molecular formula is C12H20N2O3. The lowest BCUT2D eigenvalue weighted by Gasteiger charge is -2.14. The third kappa shape index (κ3) is 3.93. The number of nitrogens with zero attached hydrogens (tertiary/aromatic N) is 2. The number of hydrogen-bond acceptors (Lipinski definition) is 5. The van der Waals surface area contributed by atoms with Gasteiger partial charge in [-0.05, 0) is 12.3 Å². The molecule has 96 valence electrons. The van der Waals surface area contributed by atoms with Crippen LogP contribution in [0.3, 0.4) is 0 Å². The van der Waals surface area contributed by atoms with Crippen molar-refractivity contribution >= 4 is 5.78 Å². The van der Waals surface area contributed by atoms with Gasteiger partial charge in [-0.15, -0.1) is 0 Å². The molecule has 5 nitrogen and oxygen atoms in total. The van der Waals surface area contributed by atoms with E-state index in [2.05, 4.69) is 10.1 Å². The first-order valence-corrected chi connectivity index (χ1v) is 5.95. The minimum Gasteiger partial charge on any atom is -0.373 e. The Morgan fingerprint density at radius 1 is 1.47 bits per heavy atom. The van der Waals surface area contributed by atoms with Crippen LogP contribution in [0, 0.1) is 5.92 Å². The molecule has 0 N–H and O–H groups in total. The fourth-order valence-electron chi connectivity index (χ4n) is 1.67. The van der Waals surface area contributed by atoms with Gasteiger partial charge in [0, 0.05) is 13.5 Å². The van der Waals surface area contributed by atoms with Crippen molar-refractivity contribution in [2.45, 2.75) is 46.1 Å². The minimum absolute atomic E-state index is 0.126. The van der Waals surface area contributed by atoms with Gasteiger partial charge in [0.15, 0.2) is 0 Å². The molecule has 1 atom stereocenters. The highest BCUT2D eigenvalue weighted by atomic mass is 16.5. The average molecular weight is 240 g/mol. The van der Waals surface area contributed by atoms with E-state index in [-0.39, 0.29) is 24.2 Å². The Hall–Kier alpha value is -1.23. The summed E-state index contributed by atoms with van der Waals surface area (Å²) in [6, 6.07) is 0. The molecule has 1 heterocycles. The Morgan fingerprint density at radius 3 is 2.71 bits per heavy atom. The Kier molecular flexibility index (Phi) is 5.28. The molecule has 0 aliphatic rings. The van der Waals surface area contributed by atoms with Crippen LogP contribution < -0.4 is 0 Å². The summed E-state index contributed by atoms with van der Waals surface area (Å²) in [5.41, 5.74) is 0. The predicted octanol–water partition coefficient (Wildman–Crippen LogP) is 2.32. The molecule has 0 radical (unpaired) electrons. The van der Waals surface area contributed by atoms with E-state index in [0.717, 1.165) is 6.42 Å². The zero-order chi connectivity index (χ0) is 12.8. The summed E-state index contributed by atoms with van der Waals surface area (Å²) in [6.07, 6.45) is 1.42. The SMILES string of the molecule is CCCC(=O)Cc1nc(C(OC)C(C)C)no1. The summed E-state index contributed by atoms with van der Waals surface area (Å²) in [5, 5.41) is 3.86. The first-order valence-electron chi connectivity index (χ1n) is 5.95. The van der Waals surface area contributed by atoms with Crippen molar-refractivity contribution in [2.75, 3.05) is 7.11 Å². The van der Waals surface area contributed by atoms with Gasteiger partial charge in [0.1, 0.15) is 11.9 Å². The van der Waals surface area contributed by atoms with Gasteiger partial charge in [-0.1, -0.05) is 25.9 Å². The van der Waals surface area contributed by atoms with Gasteiger partial charge < -0.3 is 9.26 Å². The van der Waals surface area contributed by atoms with Crippen LogP contribution in [0.5, 0.6) is 0 Å². The second kappa shape index (κ2) is 6.49. The summed E-state index contributed by atoms with van der Waals surface area (Å²) in [4.78, 5) is 15.6. The standard InChI is InChI=1S/C12H20N2O3/c1-5-6-9(15)7-10-13-12(14-17-10)11(16-4)8(2)3/h8,11H,5-7H2,1-4H3. The van der Waals surface area contributed by atoms with E-state index in [0.29, 0.717) is 18.1 Å². The smallest absolute Gasteiger partial charge is 0.234 e. The first-order chi connectivity index (χ1) is 8.08. The topological polar surface area (TPSA) is 65.2 Å². The molecule has 0 saturated carbocycles. The molecule has 0 bridgehead atoms. The maximum atomic E-state index is 11.4. The normalized spacial score (nSPS) is 13.0. The largest absolute Gasteiger partial charge is 0.373 e. The summed E-state index contributed by atoms with van der Waals surface area (Å²) in [5.74, 6) is 1.28. The van der Waals surface area contributed by atoms with Crippen molar-refractivity contribution in [2.24, 2.45) is 5.92 Å². The molecule has 0 aromatic carbocycles. The van der Waals surface area contributed by atoms with Crippen molar-refractivity contribution in [3.63, 3.8) is 0 Å². The summed E-state index contributed by atoms with van der Waals surface area (Å²) < 4.78 is 10.3. The zero-order valence-electron chi connectivity index (χ0n) is 10.9. The third-order valence-electron chi connectivity index (χ3n) is 2.47. The van der Waals surface area contributed by atoms with E-state index in [1.807, 2.05) is 20.8 Å². The summed E-state index contributed by atoms with van der Waals surface area (Å²) in [6.45, 7) is 6.01. The van der Waals surface area contributed by atoms with Crippen molar-refractivity contribution in [3.8, 4) is 0 Å². The number of carbonyl (C=O) groups is 1. The average Bonchev–Trinajstić information content (AvgIpc) is 2.67. The molecule has 5 heteroatoms.